The van der Waals surface area contributed by atoms with Gasteiger partial charge in [-0.3, -0.25) is 19.7 Å². The molecule has 1 saturated heterocycles. The first-order valence-electron chi connectivity index (χ1n) is 11.1. The lowest BCUT2D eigenvalue weighted by atomic mass is 10.1. The molecule has 0 atom stereocenters. The maximum Gasteiger partial charge on any atom is 0.261 e. The van der Waals surface area contributed by atoms with Crippen molar-refractivity contribution in [1.82, 2.24) is 14.7 Å². The second-order valence-electron chi connectivity index (χ2n) is 8.28. The number of piperidine rings is 1. The van der Waals surface area contributed by atoms with Gasteiger partial charge in [-0.25, -0.2) is 0 Å². The zero-order valence-electron chi connectivity index (χ0n) is 18.9. The molecule has 0 unspecified atom stereocenters. The third-order valence-corrected chi connectivity index (χ3v) is 5.82. The van der Waals surface area contributed by atoms with Crippen molar-refractivity contribution < 1.29 is 9.59 Å². The molecular formula is C25H28N6O2. The Morgan fingerprint density at radius 3 is 2.18 bits per heavy atom. The molecule has 3 N–H and O–H groups in total. The molecule has 1 aliphatic rings. The molecule has 1 fully saturated rings. The highest BCUT2D eigenvalue weighted by Crippen LogP contribution is 2.19. The Morgan fingerprint density at radius 1 is 0.879 bits per heavy atom. The minimum absolute atomic E-state index is 0.273. The van der Waals surface area contributed by atoms with E-state index in [-0.39, 0.29) is 17.4 Å². The van der Waals surface area contributed by atoms with Crippen LogP contribution in [0.2, 0.25) is 0 Å². The second kappa shape index (κ2) is 9.68. The van der Waals surface area contributed by atoms with Crippen LogP contribution in [0.1, 0.15) is 51.1 Å². The SMILES string of the molecule is Cc1ccc(NC(=O)c2cnn(C)c2NC(=O)c2ccc(C(=N)N3CCCCC3)cc2)cc1. The molecule has 0 bridgehead atoms. The Hall–Kier alpha value is -3.94. The fourth-order valence-electron chi connectivity index (χ4n) is 3.85. The van der Waals surface area contributed by atoms with Gasteiger partial charge in [-0.2, -0.15) is 5.10 Å². The van der Waals surface area contributed by atoms with Crippen LogP contribution in [0.3, 0.4) is 0 Å². The van der Waals surface area contributed by atoms with E-state index < -0.39 is 0 Å². The molecule has 0 radical (unpaired) electrons. The molecule has 1 aliphatic heterocycles. The summed E-state index contributed by atoms with van der Waals surface area (Å²) in [5.74, 6) is 0.102. The van der Waals surface area contributed by atoms with E-state index in [1.54, 1.807) is 31.3 Å². The predicted octanol–water partition coefficient (Wildman–Crippen LogP) is 4.04. The Labute approximate surface area is 193 Å². The number of benzene rings is 2. The van der Waals surface area contributed by atoms with E-state index in [2.05, 4.69) is 20.6 Å². The van der Waals surface area contributed by atoms with E-state index in [9.17, 15) is 9.59 Å². The number of nitrogens with one attached hydrogen (secondary N) is 3. The lowest BCUT2D eigenvalue weighted by Crippen LogP contribution is -2.35. The lowest BCUT2D eigenvalue weighted by Gasteiger charge is -2.29. The summed E-state index contributed by atoms with van der Waals surface area (Å²) in [6.07, 6.45) is 4.85. The van der Waals surface area contributed by atoms with Crippen molar-refractivity contribution in [2.24, 2.45) is 7.05 Å². The number of hydrogen-bond donors (Lipinski definition) is 3. The van der Waals surface area contributed by atoms with Gasteiger partial charge >= 0.3 is 0 Å². The summed E-state index contributed by atoms with van der Waals surface area (Å²) in [6, 6.07) is 14.5. The molecule has 0 spiro atoms. The van der Waals surface area contributed by atoms with Crippen LogP contribution in [0.4, 0.5) is 11.5 Å². The van der Waals surface area contributed by atoms with Gasteiger partial charge in [0, 0.05) is 37.0 Å². The first-order valence-corrected chi connectivity index (χ1v) is 11.1. The Morgan fingerprint density at radius 2 is 1.52 bits per heavy atom. The number of aryl methyl sites for hydroxylation is 2. The number of rotatable bonds is 5. The molecule has 2 aromatic carbocycles. The Balaban J connectivity index is 1.45. The normalized spacial score (nSPS) is 13.5. The molecule has 170 valence electrons. The number of amidine groups is 1. The fraction of sp³-hybridized carbons (Fsp3) is 0.280. The quantitative estimate of drug-likeness (QED) is 0.408. The van der Waals surface area contributed by atoms with Crippen LogP contribution in [0.25, 0.3) is 0 Å². The van der Waals surface area contributed by atoms with Crippen LogP contribution in [0, 0.1) is 12.3 Å². The van der Waals surface area contributed by atoms with Gasteiger partial charge in [0.15, 0.2) is 0 Å². The van der Waals surface area contributed by atoms with Crippen molar-refractivity contribution in [3.8, 4) is 0 Å². The topological polar surface area (TPSA) is 103 Å². The highest BCUT2D eigenvalue weighted by Gasteiger charge is 2.20. The predicted molar refractivity (Wildman–Crippen MR) is 129 cm³/mol. The van der Waals surface area contributed by atoms with Crippen LogP contribution >= 0.6 is 0 Å². The largest absolute Gasteiger partial charge is 0.357 e. The molecule has 0 aliphatic carbocycles. The van der Waals surface area contributed by atoms with Crippen LogP contribution in [0.15, 0.2) is 54.7 Å². The first-order chi connectivity index (χ1) is 15.9. The van der Waals surface area contributed by atoms with Gasteiger partial charge in [0.1, 0.15) is 17.2 Å². The monoisotopic (exact) mass is 444 g/mol. The molecule has 2 heterocycles. The number of likely N-dealkylation sites (tertiary alicyclic amines) is 1. The summed E-state index contributed by atoms with van der Waals surface area (Å²) < 4.78 is 1.46. The highest BCUT2D eigenvalue weighted by atomic mass is 16.2. The van der Waals surface area contributed by atoms with Gasteiger partial charge in [0.05, 0.1) is 6.20 Å². The zero-order chi connectivity index (χ0) is 23.4. The first kappa shape index (κ1) is 22.3. The number of anilines is 2. The minimum Gasteiger partial charge on any atom is -0.357 e. The van der Waals surface area contributed by atoms with E-state index in [0.29, 0.717) is 22.9 Å². The number of aromatic nitrogens is 2. The summed E-state index contributed by atoms with van der Waals surface area (Å²) in [7, 11) is 1.67. The molecule has 2 amide bonds. The van der Waals surface area contributed by atoms with Crippen molar-refractivity contribution in [3.63, 3.8) is 0 Å². The summed E-state index contributed by atoms with van der Waals surface area (Å²) in [5, 5.41) is 18.2. The van der Waals surface area contributed by atoms with Crippen LogP contribution in [-0.4, -0.2) is 45.4 Å². The summed E-state index contributed by atoms with van der Waals surface area (Å²) in [5.41, 5.74) is 3.26. The standard InChI is InChI=1S/C25H28N6O2/c1-17-6-12-20(13-7-17)28-25(33)21-16-27-30(2)23(21)29-24(32)19-10-8-18(9-11-19)22(26)31-14-4-3-5-15-31/h6-13,16,26H,3-5,14-15H2,1-2H3,(H,28,33)(H,29,32). The average molecular weight is 445 g/mol. The fourth-order valence-corrected chi connectivity index (χ4v) is 3.85. The van der Waals surface area contributed by atoms with E-state index in [4.69, 9.17) is 5.41 Å². The van der Waals surface area contributed by atoms with E-state index >= 15 is 0 Å². The van der Waals surface area contributed by atoms with Crippen molar-refractivity contribution in [3.05, 3.63) is 77.0 Å². The molecule has 33 heavy (non-hydrogen) atoms. The molecule has 8 nitrogen and oxygen atoms in total. The Bertz CT molecular complexity index is 1160. The maximum atomic E-state index is 12.9. The minimum atomic E-state index is -0.354. The van der Waals surface area contributed by atoms with Gasteiger partial charge in [-0.05, 0) is 50.5 Å². The van der Waals surface area contributed by atoms with Gasteiger partial charge < -0.3 is 15.5 Å². The number of carbonyl (C=O) groups is 2. The molecule has 4 rings (SSSR count). The van der Waals surface area contributed by atoms with Crippen molar-refractivity contribution >= 4 is 29.2 Å². The molecule has 3 aromatic rings. The third kappa shape index (κ3) is 5.11. The summed E-state index contributed by atoms with van der Waals surface area (Å²) in [6.45, 7) is 3.77. The summed E-state index contributed by atoms with van der Waals surface area (Å²) >= 11 is 0. The zero-order valence-corrected chi connectivity index (χ0v) is 18.9. The average Bonchev–Trinajstić information content (AvgIpc) is 3.20. The van der Waals surface area contributed by atoms with Gasteiger partial charge in [-0.1, -0.05) is 29.8 Å². The molecule has 8 heteroatoms. The van der Waals surface area contributed by atoms with Crippen LogP contribution in [0.5, 0.6) is 0 Å². The molecule has 1 aromatic heterocycles. The van der Waals surface area contributed by atoms with Crippen molar-refractivity contribution in [2.45, 2.75) is 26.2 Å². The maximum absolute atomic E-state index is 12.9. The van der Waals surface area contributed by atoms with Crippen LogP contribution in [-0.2, 0) is 7.05 Å². The molecular weight excluding hydrogens is 416 g/mol. The molecule has 0 saturated carbocycles. The highest BCUT2D eigenvalue weighted by molar-refractivity contribution is 6.12. The smallest absolute Gasteiger partial charge is 0.261 e. The number of carbonyl (C=O) groups excluding carboxylic acids is 2. The van der Waals surface area contributed by atoms with Crippen molar-refractivity contribution in [1.29, 1.82) is 5.41 Å². The summed E-state index contributed by atoms with van der Waals surface area (Å²) in [4.78, 5) is 27.7. The second-order valence-corrected chi connectivity index (χ2v) is 8.28. The van der Waals surface area contributed by atoms with E-state index in [1.165, 1.54) is 17.3 Å². The van der Waals surface area contributed by atoms with E-state index in [1.807, 2.05) is 31.2 Å². The lowest BCUT2D eigenvalue weighted by molar-refractivity contribution is 0.102. The van der Waals surface area contributed by atoms with Gasteiger partial charge in [0.25, 0.3) is 11.8 Å². The van der Waals surface area contributed by atoms with Crippen molar-refractivity contribution in [2.75, 3.05) is 23.7 Å². The third-order valence-electron chi connectivity index (χ3n) is 5.82. The number of hydrogen-bond acceptors (Lipinski definition) is 4. The van der Waals surface area contributed by atoms with Crippen LogP contribution < -0.4 is 10.6 Å². The van der Waals surface area contributed by atoms with Gasteiger partial charge in [0.2, 0.25) is 0 Å². The van der Waals surface area contributed by atoms with E-state index in [0.717, 1.165) is 37.1 Å². The Kier molecular flexibility index (Phi) is 6.53. The van der Waals surface area contributed by atoms with Gasteiger partial charge in [-0.15, -0.1) is 0 Å². The number of nitrogens with zero attached hydrogens (tertiary/aromatic N) is 3. The number of amides is 2.